The molecule has 0 bridgehead atoms. The van der Waals surface area contributed by atoms with Crippen LogP contribution < -0.4 is 5.73 Å². The average molecular weight is 291 g/mol. The molecule has 1 aromatic rings. The van der Waals surface area contributed by atoms with Gasteiger partial charge in [-0.1, -0.05) is 5.57 Å². The summed E-state index contributed by atoms with van der Waals surface area (Å²) in [6.45, 7) is 5.84. The standard InChI is InChI=1S/C9H14IN3/c1-6(2)4-8(11)7-5-12-13(3)9(7)10/h5,8H,1,4,11H2,2-3H3. The van der Waals surface area contributed by atoms with Crippen LogP contribution >= 0.6 is 22.6 Å². The quantitative estimate of drug-likeness (QED) is 0.683. The molecule has 1 atom stereocenters. The first-order valence-corrected chi connectivity index (χ1v) is 5.17. The molecule has 0 aliphatic rings. The van der Waals surface area contributed by atoms with Crippen molar-refractivity contribution >= 4 is 22.6 Å². The van der Waals surface area contributed by atoms with Gasteiger partial charge in [-0.05, 0) is 35.9 Å². The van der Waals surface area contributed by atoms with E-state index in [1.807, 2.05) is 24.9 Å². The third-order valence-electron chi connectivity index (χ3n) is 1.86. The topological polar surface area (TPSA) is 43.8 Å². The second-order valence-corrected chi connectivity index (χ2v) is 4.30. The lowest BCUT2D eigenvalue weighted by molar-refractivity contribution is 0.702. The van der Waals surface area contributed by atoms with Crippen molar-refractivity contribution in [1.29, 1.82) is 0 Å². The fourth-order valence-electron chi connectivity index (χ4n) is 1.17. The zero-order chi connectivity index (χ0) is 10.0. The number of halogens is 1. The largest absolute Gasteiger partial charge is 0.324 e. The zero-order valence-electron chi connectivity index (χ0n) is 7.92. The van der Waals surface area contributed by atoms with Gasteiger partial charge in [0.1, 0.15) is 3.70 Å². The maximum atomic E-state index is 5.99. The van der Waals surface area contributed by atoms with Crippen LogP contribution in [0, 0.1) is 3.70 Å². The summed E-state index contributed by atoms with van der Waals surface area (Å²) in [6.07, 6.45) is 2.65. The summed E-state index contributed by atoms with van der Waals surface area (Å²) in [5, 5.41) is 4.14. The van der Waals surface area contributed by atoms with Crippen molar-refractivity contribution in [3.63, 3.8) is 0 Å². The average Bonchev–Trinajstić information content (AvgIpc) is 2.31. The van der Waals surface area contributed by atoms with Crippen LogP contribution in [-0.2, 0) is 7.05 Å². The highest BCUT2D eigenvalue weighted by Gasteiger charge is 2.13. The van der Waals surface area contributed by atoms with Crippen LogP contribution in [0.25, 0.3) is 0 Å². The van der Waals surface area contributed by atoms with Gasteiger partial charge in [-0.3, -0.25) is 4.68 Å². The first-order chi connectivity index (χ1) is 6.02. The van der Waals surface area contributed by atoms with E-state index in [1.54, 1.807) is 0 Å². The Kier molecular flexibility index (Phi) is 3.49. The molecular formula is C9H14IN3. The van der Waals surface area contributed by atoms with Crippen molar-refractivity contribution in [2.24, 2.45) is 12.8 Å². The molecule has 13 heavy (non-hydrogen) atoms. The first-order valence-electron chi connectivity index (χ1n) is 4.09. The maximum Gasteiger partial charge on any atom is 0.103 e. The van der Waals surface area contributed by atoms with Gasteiger partial charge >= 0.3 is 0 Å². The molecule has 0 saturated carbocycles. The number of nitrogens with two attached hydrogens (primary N) is 1. The molecule has 72 valence electrons. The molecule has 1 unspecified atom stereocenters. The van der Waals surface area contributed by atoms with Gasteiger partial charge in [0.05, 0.1) is 6.20 Å². The van der Waals surface area contributed by atoms with E-state index in [9.17, 15) is 0 Å². The Morgan fingerprint density at radius 2 is 2.46 bits per heavy atom. The van der Waals surface area contributed by atoms with E-state index in [2.05, 4.69) is 34.3 Å². The second kappa shape index (κ2) is 4.23. The molecule has 1 rings (SSSR count). The maximum absolute atomic E-state index is 5.99. The highest BCUT2D eigenvalue weighted by molar-refractivity contribution is 14.1. The van der Waals surface area contributed by atoms with Crippen LogP contribution in [0.3, 0.4) is 0 Å². The second-order valence-electron chi connectivity index (χ2n) is 3.28. The van der Waals surface area contributed by atoms with Crippen LogP contribution in [0.2, 0.25) is 0 Å². The molecule has 0 saturated heterocycles. The molecule has 0 radical (unpaired) electrons. The number of aromatic nitrogens is 2. The smallest absolute Gasteiger partial charge is 0.103 e. The summed E-state index contributed by atoms with van der Waals surface area (Å²) in [7, 11) is 1.92. The summed E-state index contributed by atoms with van der Waals surface area (Å²) in [5.74, 6) is 0. The van der Waals surface area contributed by atoms with Crippen LogP contribution in [0.4, 0.5) is 0 Å². The van der Waals surface area contributed by atoms with E-state index in [0.29, 0.717) is 0 Å². The normalized spacial score (nSPS) is 12.9. The highest BCUT2D eigenvalue weighted by Crippen LogP contribution is 2.21. The molecular weight excluding hydrogens is 277 g/mol. The Morgan fingerprint density at radius 3 is 2.85 bits per heavy atom. The van der Waals surface area contributed by atoms with Gasteiger partial charge in [-0.2, -0.15) is 5.10 Å². The van der Waals surface area contributed by atoms with Gasteiger partial charge < -0.3 is 5.73 Å². The van der Waals surface area contributed by atoms with Crippen LogP contribution in [-0.4, -0.2) is 9.78 Å². The van der Waals surface area contributed by atoms with Gasteiger partial charge in [0.15, 0.2) is 0 Å². The van der Waals surface area contributed by atoms with Gasteiger partial charge in [0, 0.05) is 18.7 Å². The van der Waals surface area contributed by atoms with Crippen molar-refractivity contribution in [3.05, 3.63) is 27.6 Å². The molecule has 0 aliphatic heterocycles. The highest BCUT2D eigenvalue weighted by atomic mass is 127. The molecule has 0 fully saturated rings. The monoisotopic (exact) mass is 291 g/mol. The minimum atomic E-state index is 0.0260. The van der Waals surface area contributed by atoms with E-state index < -0.39 is 0 Å². The molecule has 2 N–H and O–H groups in total. The Bertz CT molecular complexity index is 317. The van der Waals surface area contributed by atoms with Crippen molar-refractivity contribution in [1.82, 2.24) is 9.78 Å². The molecule has 1 heterocycles. The van der Waals surface area contributed by atoms with E-state index in [4.69, 9.17) is 5.73 Å². The fourth-order valence-corrected chi connectivity index (χ4v) is 1.84. The lowest BCUT2D eigenvalue weighted by Crippen LogP contribution is -2.11. The summed E-state index contributed by atoms with van der Waals surface area (Å²) < 4.78 is 2.93. The van der Waals surface area contributed by atoms with Gasteiger partial charge in [0.2, 0.25) is 0 Å². The summed E-state index contributed by atoms with van der Waals surface area (Å²) in [6, 6.07) is 0.0260. The van der Waals surface area contributed by atoms with Gasteiger partial charge in [0.25, 0.3) is 0 Å². The van der Waals surface area contributed by atoms with Crippen molar-refractivity contribution in [2.45, 2.75) is 19.4 Å². The Balaban J connectivity index is 2.82. The first kappa shape index (κ1) is 10.7. The van der Waals surface area contributed by atoms with Gasteiger partial charge in [-0.25, -0.2) is 0 Å². The number of rotatable bonds is 3. The molecule has 1 aromatic heterocycles. The Labute approximate surface area is 92.1 Å². The third kappa shape index (κ3) is 2.54. The SMILES string of the molecule is C=C(C)CC(N)c1cnn(C)c1I. The lowest BCUT2D eigenvalue weighted by Gasteiger charge is -2.09. The predicted molar refractivity (Wildman–Crippen MR) is 62.3 cm³/mol. The van der Waals surface area contributed by atoms with E-state index in [0.717, 1.165) is 21.3 Å². The fraction of sp³-hybridized carbons (Fsp3) is 0.444. The van der Waals surface area contributed by atoms with E-state index >= 15 is 0 Å². The molecule has 0 amide bonds. The molecule has 0 aromatic carbocycles. The molecule has 3 nitrogen and oxygen atoms in total. The van der Waals surface area contributed by atoms with Crippen molar-refractivity contribution < 1.29 is 0 Å². The summed E-state index contributed by atoms with van der Waals surface area (Å²) in [5.41, 5.74) is 8.20. The third-order valence-corrected chi connectivity index (χ3v) is 3.18. The number of hydrogen-bond donors (Lipinski definition) is 1. The van der Waals surface area contributed by atoms with E-state index in [1.165, 1.54) is 0 Å². The van der Waals surface area contributed by atoms with Crippen LogP contribution in [0.15, 0.2) is 18.3 Å². The molecule has 0 aliphatic carbocycles. The minimum absolute atomic E-state index is 0.0260. The van der Waals surface area contributed by atoms with Gasteiger partial charge in [-0.15, -0.1) is 6.58 Å². The number of hydrogen-bond acceptors (Lipinski definition) is 2. The molecule has 0 spiro atoms. The predicted octanol–water partition coefficient (Wildman–Crippen LogP) is 1.99. The van der Waals surface area contributed by atoms with Crippen LogP contribution in [0.1, 0.15) is 24.9 Å². The molecule has 4 heteroatoms. The number of aryl methyl sites for hydroxylation is 1. The van der Waals surface area contributed by atoms with E-state index in [-0.39, 0.29) is 6.04 Å². The minimum Gasteiger partial charge on any atom is -0.324 e. The summed E-state index contributed by atoms with van der Waals surface area (Å²) >= 11 is 2.25. The van der Waals surface area contributed by atoms with Crippen molar-refractivity contribution in [2.75, 3.05) is 0 Å². The lowest BCUT2D eigenvalue weighted by atomic mass is 10.1. The number of nitrogens with zero attached hydrogens (tertiary/aromatic N) is 2. The van der Waals surface area contributed by atoms with Crippen LogP contribution in [0.5, 0.6) is 0 Å². The zero-order valence-corrected chi connectivity index (χ0v) is 10.1. The van der Waals surface area contributed by atoms with Crippen molar-refractivity contribution in [3.8, 4) is 0 Å². The Morgan fingerprint density at radius 1 is 1.85 bits per heavy atom. The summed E-state index contributed by atoms with van der Waals surface area (Å²) in [4.78, 5) is 0. The Hall–Kier alpha value is -0.360.